The van der Waals surface area contributed by atoms with E-state index < -0.39 is 4.92 Å². The molecule has 10 heteroatoms. The SMILES string of the molecule is Cc1c(Cl)ccc2sc(N(CCN3CCOCC3)C(=O)/C=C/c3ccc([N+](=O)[O-])cc3)nc12. The quantitative estimate of drug-likeness (QED) is 0.276. The van der Waals surface area contributed by atoms with E-state index in [1.165, 1.54) is 29.5 Å². The second-order valence-electron chi connectivity index (χ2n) is 7.64. The van der Waals surface area contributed by atoms with E-state index in [2.05, 4.69) is 4.90 Å². The Balaban J connectivity index is 1.58. The van der Waals surface area contributed by atoms with Crippen molar-refractivity contribution in [2.24, 2.45) is 0 Å². The van der Waals surface area contributed by atoms with E-state index in [1.807, 2.05) is 19.1 Å². The summed E-state index contributed by atoms with van der Waals surface area (Å²) in [7, 11) is 0. The maximum Gasteiger partial charge on any atom is 0.269 e. The molecule has 4 rings (SSSR count). The third-order valence-electron chi connectivity index (χ3n) is 5.50. The van der Waals surface area contributed by atoms with E-state index in [9.17, 15) is 14.9 Å². The lowest BCUT2D eigenvalue weighted by molar-refractivity contribution is -0.384. The Morgan fingerprint density at radius 2 is 2.00 bits per heavy atom. The number of nitro benzene ring substituents is 1. The highest BCUT2D eigenvalue weighted by molar-refractivity contribution is 7.22. The topological polar surface area (TPSA) is 88.8 Å². The van der Waals surface area contributed by atoms with Gasteiger partial charge in [0.05, 0.1) is 28.4 Å². The van der Waals surface area contributed by atoms with Gasteiger partial charge in [0.2, 0.25) is 0 Å². The fourth-order valence-electron chi connectivity index (χ4n) is 3.54. The summed E-state index contributed by atoms with van der Waals surface area (Å²) in [5.74, 6) is -0.204. The molecule has 0 unspecified atom stereocenters. The molecule has 3 aromatic rings. The van der Waals surface area contributed by atoms with Crippen LogP contribution in [0.25, 0.3) is 16.3 Å². The Hall–Kier alpha value is -2.85. The maximum atomic E-state index is 13.2. The molecule has 1 aliphatic heterocycles. The Kier molecular flexibility index (Phi) is 7.34. The molecule has 2 heterocycles. The van der Waals surface area contributed by atoms with Gasteiger partial charge in [-0.3, -0.25) is 24.7 Å². The monoisotopic (exact) mass is 486 g/mol. The van der Waals surface area contributed by atoms with Gasteiger partial charge in [-0.05, 0) is 48.4 Å². The van der Waals surface area contributed by atoms with Gasteiger partial charge < -0.3 is 4.74 Å². The summed E-state index contributed by atoms with van der Waals surface area (Å²) in [6.45, 7) is 6.14. The van der Waals surface area contributed by atoms with Gasteiger partial charge in [-0.15, -0.1) is 0 Å². The molecule has 0 atom stereocenters. The second-order valence-corrected chi connectivity index (χ2v) is 9.06. The number of aryl methyl sites for hydroxylation is 1. The van der Waals surface area contributed by atoms with Gasteiger partial charge in [-0.2, -0.15) is 0 Å². The van der Waals surface area contributed by atoms with Crippen LogP contribution < -0.4 is 4.90 Å². The molecule has 1 aliphatic rings. The molecule has 8 nitrogen and oxygen atoms in total. The number of hydrogen-bond acceptors (Lipinski definition) is 7. The lowest BCUT2D eigenvalue weighted by atomic mass is 10.2. The molecule has 1 aromatic heterocycles. The van der Waals surface area contributed by atoms with Crippen LogP contribution in [0.5, 0.6) is 0 Å². The number of carbonyl (C=O) groups excluding carboxylic acids is 1. The smallest absolute Gasteiger partial charge is 0.269 e. The normalized spacial score (nSPS) is 14.7. The van der Waals surface area contributed by atoms with Gasteiger partial charge in [0.25, 0.3) is 11.6 Å². The Bertz CT molecular complexity index is 1190. The fourth-order valence-corrected chi connectivity index (χ4v) is 4.74. The molecule has 0 saturated carbocycles. The van der Waals surface area contributed by atoms with Crippen LogP contribution in [-0.2, 0) is 9.53 Å². The van der Waals surface area contributed by atoms with Gasteiger partial charge in [0.1, 0.15) is 0 Å². The zero-order chi connectivity index (χ0) is 23.4. The number of hydrogen-bond donors (Lipinski definition) is 0. The minimum Gasteiger partial charge on any atom is -0.379 e. The van der Waals surface area contributed by atoms with Crippen LogP contribution in [0.2, 0.25) is 5.02 Å². The molecular weight excluding hydrogens is 464 g/mol. The van der Waals surface area contributed by atoms with E-state index in [4.69, 9.17) is 21.3 Å². The van der Waals surface area contributed by atoms with Crippen molar-refractivity contribution < 1.29 is 14.5 Å². The summed E-state index contributed by atoms with van der Waals surface area (Å²) in [5.41, 5.74) is 2.40. The standard InChI is InChI=1S/C23H23ClN4O4S/c1-16-19(24)7-8-20-22(16)25-23(33-20)27(11-10-26-12-14-32-15-13-26)21(29)9-4-17-2-5-18(6-3-17)28(30)31/h2-9H,10-15H2,1H3/b9-4+. The van der Waals surface area contributed by atoms with Crippen molar-refractivity contribution in [1.82, 2.24) is 9.88 Å². The number of aromatic nitrogens is 1. The first-order valence-electron chi connectivity index (χ1n) is 10.5. The average Bonchev–Trinajstić information content (AvgIpc) is 3.26. The molecule has 0 aliphatic carbocycles. The number of carbonyl (C=O) groups is 1. The molecule has 33 heavy (non-hydrogen) atoms. The first kappa shape index (κ1) is 23.3. The van der Waals surface area contributed by atoms with Crippen molar-refractivity contribution in [1.29, 1.82) is 0 Å². The lowest BCUT2D eigenvalue weighted by Gasteiger charge is -2.28. The predicted molar refractivity (Wildman–Crippen MR) is 131 cm³/mol. The van der Waals surface area contributed by atoms with Crippen LogP contribution in [0, 0.1) is 17.0 Å². The molecule has 0 N–H and O–H groups in total. The summed E-state index contributed by atoms with van der Waals surface area (Å²) in [6, 6.07) is 9.83. The van der Waals surface area contributed by atoms with E-state index in [0.29, 0.717) is 42.0 Å². The van der Waals surface area contributed by atoms with Crippen molar-refractivity contribution in [3.8, 4) is 0 Å². The van der Waals surface area contributed by atoms with E-state index in [1.54, 1.807) is 23.1 Å². The van der Waals surface area contributed by atoms with Crippen molar-refractivity contribution in [3.05, 3.63) is 68.7 Å². The predicted octanol–water partition coefficient (Wildman–Crippen LogP) is 4.54. The number of nitrogens with zero attached hydrogens (tertiary/aromatic N) is 4. The summed E-state index contributed by atoms with van der Waals surface area (Å²) < 4.78 is 6.38. The number of nitro groups is 1. The lowest BCUT2D eigenvalue weighted by Crippen LogP contribution is -2.42. The van der Waals surface area contributed by atoms with Gasteiger partial charge in [-0.25, -0.2) is 4.98 Å². The summed E-state index contributed by atoms with van der Waals surface area (Å²) in [6.07, 6.45) is 3.13. The van der Waals surface area contributed by atoms with Crippen LogP contribution in [0.3, 0.4) is 0 Å². The molecule has 0 radical (unpaired) electrons. The zero-order valence-electron chi connectivity index (χ0n) is 18.1. The van der Waals surface area contributed by atoms with Gasteiger partial charge >= 0.3 is 0 Å². The molecule has 1 fully saturated rings. The molecule has 0 bridgehead atoms. The maximum absolute atomic E-state index is 13.2. The van der Waals surface area contributed by atoms with E-state index >= 15 is 0 Å². The van der Waals surface area contributed by atoms with Gasteiger partial charge in [0.15, 0.2) is 5.13 Å². The van der Waals surface area contributed by atoms with Gasteiger partial charge in [0, 0.05) is 49.4 Å². The van der Waals surface area contributed by atoms with Crippen LogP contribution in [0.1, 0.15) is 11.1 Å². The number of benzene rings is 2. The highest BCUT2D eigenvalue weighted by Crippen LogP contribution is 2.33. The second kappa shape index (κ2) is 10.4. The van der Waals surface area contributed by atoms with Crippen LogP contribution in [0.4, 0.5) is 10.8 Å². The number of ether oxygens (including phenoxy) is 1. The van der Waals surface area contributed by atoms with Crippen LogP contribution in [0.15, 0.2) is 42.5 Å². The van der Waals surface area contributed by atoms with E-state index in [-0.39, 0.29) is 11.6 Å². The Morgan fingerprint density at radius 1 is 1.27 bits per heavy atom. The average molecular weight is 487 g/mol. The number of amides is 1. The first-order valence-corrected chi connectivity index (χ1v) is 11.7. The molecule has 1 saturated heterocycles. The van der Waals surface area contributed by atoms with Gasteiger partial charge in [-0.1, -0.05) is 22.9 Å². The first-order chi connectivity index (χ1) is 15.9. The number of morpholine rings is 1. The number of rotatable bonds is 7. The largest absolute Gasteiger partial charge is 0.379 e. The third-order valence-corrected chi connectivity index (χ3v) is 6.95. The highest BCUT2D eigenvalue weighted by Gasteiger charge is 2.21. The number of thiazole rings is 1. The summed E-state index contributed by atoms with van der Waals surface area (Å²) in [5, 5.41) is 12.1. The number of anilines is 1. The fraction of sp³-hybridized carbons (Fsp3) is 0.304. The zero-order valence-corrected chi connectivity index (χ0v) is 19.6. The molecule has 2 aromatic carbocycles. The number of halogens is 1. The summed E-state index contributed by atoms with van der Waals surface area (Å²) in [4.78, 5) is 32.3. The van der Waals surface area contributed by atoms with E-state index in [0.717, 1.165) is 28.9 Å². The molecule has 0 spiro atoms. The molecule has 172 valence electrons. The minimum absolute atomic E-state index is 0.00844. The Labute approximate surface area is 200 Å². The highest BCUT2D eigenvalue weighted by atomic mass is 35.5. The number of fused-ring (bicyclic) bond motifs is 1. The van der Waals surface area contributed by atoms with Crippen LogP contribution >= 0.6 is 22.9 Å². The number of non-ortho nitro benzene ring substituents is 1. The Morgan fingerprint density at radius 3 is 2.70 bits per heavy atom. The third kappa shape index (κ3) is 5.56. The van der Waals surface area contributed by atoms with Crippen LogP contribution in [-0.4, -0.2) is 60.1 Å². The van der Waals surface area contributed by atoms with Crippen molar-refractivity contribution in [2.45, 2.75) is 6.92 Å². The molecule has 1 amide bonds. The minimum atomic E-state index is -0.451. The van der Waals surface area contributed by atoms with Crippen molar-refractivity contribution in [2.75, 3.05) is 44.3 Å². The van der Waals surface area contributed by atoms with Crippen molar-refractivity contribution in [3.63, 3.8) is 0 Å². The molecular formula is C23H23ClN4O4S. The summed E-state index contributed by atoms with van der Waals surface area (Å²) >= 11 is 7.72. The van der Waals surface area contributed by atoms with Crippen molar-refractivity contribution >= 4 is 56.0 Å².